The van der Waals surface area contributed by atoms with Crippen LogP contribution in [0, 0.1) is 0 Å². The van der Waals surface area contributed by atoms with E-state index in [1.165, 1.54) is 27.7 Å². The van der Waals surface area contributed by atoms with E-state index in [1.807, 2.05) is 6.08 Å². The van der Waals surface area contributed by atoms with Gasteiger partial charge in [0.1, 0.15) is 0 Å². The van der Waals surface area contributed by atoms with Gasteiger partial charge in [0.15, 0.2) is 0 Å². The fraction of sp³-hybridized carbons (Fsp3) is 0.0769. The largest absolute Gasteiger partial charge is 0.341 e. The molecule has 0 atom stereocenters. The van der Waals surface area contributed by atoms with Crippen molar-refractivity contribution < 1.29 is 0 Å². The van der Waals surface area contributed by atoms with Crippen LogP contribution >= 0.6 is 0 Å². The molecule has 132 valence electrons. The molecule has 0 aromatic heterocycles. The van der Waals surface area contributed by atoms with Crippen molar-refractivity contribution in [1.82, 2.24) is 0 Å². The lowest BCUT2D eigenvalue weighted by Crippen LogP contribution is -2.20. The Morgan fingerprint density at radius 2 is 1.41 bits per heavy atom. The standard InChI is InChI=1S/C26H23N/c1-2-21-15-17-22(18-16-21)19-20-27(24-11-4-3-5-12-24)26-14-8-10-23-9-6-7-13-25(23)26/h2-18H,1,19-20H2. The molecule has 4 rings (SSSR count). The SMILES string of the molecule is C=Cc1ccc(CCN(c2ccccc2)c2cccc3ccccc23)cc1. The molecule has 1 heteroatoms. The highest BCUT2D eigenvalue weighted by Gasteiger charge is 2.12. The van der Waals surface area contributed by atoms with E-state index in [4.69, 9.17) is 0 Å². The summed E-state index contributed by atoms with van der Waals surface area (Å²) in [6.45, 7) is 4.76. The molecule has 0 aliphatic rings. The van der Waals surface area contributed by atoms with Crippen LogP contribution in [0.1, 0.15) is 11.1 Å². The fourth-order valence-electron chi connectivity index (χ4n) is 3.50. The summed E-state index contributed by atoms with van der Waals surface area (Å²) in [5, 5.41) is 2.55. The number of nitrogens with zero attached hydrogens (tertiary/aromatic N) is 1. The summed E-state index contributed by atoms with van der Waals surface area (Å²) in [6, 6.07) is 34.4. The van der Waals surface area contributed by atoms with Crippen molar-refractivity contribution in [3.05, 3.63) is 115 Å². The fourth-order valence-corrected chi connectivity index (χ4v) is 3.50. The van der Waals surface area contributed by atoms with Gasteiger partial charge < -0.3 is 4.90 Å². The van der Waals surface area contributed by atoms with Gasteiger partial charge in [0.25, 0.3) is 0 Å². The first-order valence-corrected chi connectivity index (χ1v) is 9.37. The van der Waals surface area contributed by atoms with Gasteiger partial charge in [-0.2, -0.15) is 0 Å². The minimum absolute atomic E-state index is 0.922. The number of rotatable bonds is 6. The molecule has 0 amide bonds. The zero-order chi connectivity index (χ0) is 18.5. The van der Waals surface area contributed by atoms with Crippen molar-refractivity contribution in [2.24, 2.45) is 0 Å². The van der Waals surface area contributed by atoms with Crippen LogP contribution in [0.2, 0.25) is 0 Å². The van der Waals surface area contributed by atoms with E-state index >= 15 is 0 Å². The van der Waals surface area contributed by atoms with Gasteiger partial charge >= 0.3 is 0 Å². The van der Waals surface area contributed by atoms with Gasteiger partial charge in [0.05, 0.1) is 0 Å². The second-order valence-corrected chi connectivity index (χ2v) is 6.68. The lowest BCUT2D eigenvalue weighted by atomic mass is 10.1. The van der Waals surface area contributed by atoms with E-state index in [1.54, 1.807) is 0 Å². The zero-order valence-corrected chi connectivity index (χ0v) is 15.4. The van der Waals surface area contributed by atoms with Crippen LogP contribution in [0.4, 0.5) is 11.4 Å². The molecular weight excluding hydrogens is 326 g/mol. The molecule has 0 N–H and O–H groups in total. The highest BCUT2D eigenvalue weighted by Crippen LogP contribution is 2.32. The zero-order valence-electron chi connectivity index (χ0n) is 15.4. The summed E-state index contributed by atoms with van der Waals surface area (Å²) in [4.78, 5) is 2.42. The lowest BCUT2D eigenvalue weighted by molar-refractivity contribution is 0.917. The molecule has 0 aliphatic carbocycles. The Labute approximate surface area is 161 Å². The molecule has 0 bridgehead atoms. The van der Waals surface area contributed by atoms with Gasteiger partial charge in [0, 0.05) is 23.3 Å². The van der Waals surface area contributed by atoms with Gasteiger partial charge in [0.2, 0.25) is 0 Å². The Hall–Kier alpha value is -3.32. The Bertz CT molecular complexity index is 1030. The lowest BCUT2D eigenvalue weighted by Gasteiger charge is -2.26. The van der Waals surface area contributed by atoms with Crippen LogP contribution in [0.5, 0.6) is 0 Å². The minimum Gasteiger partial charge on any atom is -0.341 e. The molecule has 0 fully saturated rings. The third-order valence-electron chi connectivity index (χ3n) is 4.96. The molecule has 0 radical (unpaired) electrons. The Balaban J connectivity index is 1.70. The summed E-state index contributed by atoms with van der Waals surface area (Å²) in [6.07, 6.45) is 2.87. The topological polar surface area (TPSA) is 3.24 Å². The first-order chi connectivity index (χ1) is 13.3. The Morgan fingerprint density at radius 3 is 2.19 bits per heavy atom. The second-order valence-electron chi connectivity index (χ2n) is 6.68. The maximum absolute atomic E-state index is 3.83. The molecule has 4 aromatic carbocycles. The van der Waals surface area contributed by atoms with Crippen molar-refractivity contribution >= 4 is 28.2 Å². The van der Waals surface area contributed by atoms with Crippen molar-refractivity contribution in [3.8, 4) is 0 Å². The average molecular weight is 349 g/mol. The molecule has 0 heterocycles. The highest BCUT2D eigenvalue weighted by atomic mass is 15.1. The van der Waals surface area contributed by atoms with Crippen LogP contribution < -0.4 is 4.90 Å². The number of hydrogen-bond donors (Lipinski definition) is 0. The van der Waals surface area contributed by atoms with Crippen molar-refractivity contribution in [3.63, 3.8) is 0 Å². The number of hydrogen-bond acceptors (Lipinski definition) is 1. The summed E-state index contributed by atoms with van der Waals surface area (Å²) >= 11 is 0. The molecule has 0 aliphatic heterocycles. The molecule has 4 aromatic rings. The van der Waals surface area contributed by atoms with Crippen molar-refractivity contribution in [2.45, 2.75) is 6.42 Å². The van der Waals surface area contributed by atoms with E-state index in [9.17, 15) is 0 Å². The first-order valence-electron chi connectivity index (χ1n) is 9.37. The van der Waals surface area contributed by atoms with Crippen LogP contribution in [0.3, 0.4) is 0 Å². The number of benzene rings is 4. The van der Waals surface area contributed by atoms with Crippen LogP contribution in [-0.2, 0) is 6.42 Å². The van der Waals surface area contributed by atoms with E-state index < -0.39 is 0 Å². The minimum atomic E-state index is 0.922. The van der Waals surface area contributed by atoms with Gasteiger partial charge in [-0.05, 0) is 41.1 Å². The predicted molar refractivity (Wildman–Crippen MR) is 118 cm³/mol. The van der Waals surface area contributed by atoms with Crippen LogP contribution in [0.15, 0.2) is 104 Å². The summed E-state index contributed by atoms with van der Waals surface area (Å²) in [7, 11) is 0. The number of fused-ring (bicyclic) bond motifs is 1. The van der Waals surface area contributed by atoms with E-state index in [0.29, 0.717) is 0 Å². The second kappa shape index (κ2) is 7.92. The van der Waals surface area contributed by atoms with E-state index in [2.05, 4.69) is 109 Å². The number of anilines is 2. The first kappa shape index (κ1) is 17.1. The summed E-state index contributed by atoms with van der Waals surface area (Å²) < 4.78 is 0. The maximum atomic E-state index is 3.83. The van der Waals surface area contributed by atoms with E-state index in [0.717, 1.165) is 18.5 Å². The van der Waals surface area contributed by atoms with Crippen molar-refractivity contribution in [1.29, 1.82) is 0 Å². The normalized spacial score (nSPS) is 10.7. The van der Waals surface area contributed by atoms with Crippen molar-refractivity contribution in [2.75, 3.05) is 11.4 Å². The third-order valence-corrected chi connectivity index (χ3v) is 4.96. The van der Waals surface area contributed by atoms with Crippen LogP contribution in [-0.4, -0.2) is 6.54 Å². The quantitative estimate of drug-likeness (QED) is 0.367. The molecule has 0 unspecified atom stereocenters. The highest BCUT2D eigenvalue weighted by molar-refractivity contribution is 5.96. The Kier molecular flexibility index (Phi) is 5.02. The molecule has 0 saturated carbocycles. The van der Waals surface area contributed by atoms with Gasteiger partial charge in [-0.25, -0.2) is 0 Å². The molecular formula is C26H23N. The van der Waals surface area contributed by atoms with Gasteiger partial charge in [-0.15, -0.1) is 0 Å². The van der Waals surface area contributed by atoms with Crippen LogP contribution in [0.25, 0.3) is 16.8 Å². The third kappa shape index (κ3) is 3.78. The number of para-hydroxylation sites is 1. The molecule has 0 spiro atoms. The molecule has 1 nitrogen and oxygen atoms in total. The summed E-state index contributed by atoms with van der Waals surface area (Å²) in [5.74, 6) is 0. The average Bonchev–Trinajstić information content (AvgIpc) is 2.75. The van der Waals surface area contributed by atoms with Gasteiger partial charge in [-0.3, -0.25) is 0 Å². The Morgan fingerprint density at radius 1 is 0.704 bits per heavy atom. The maximum Gasteiger partial charge on any atom is 0.0490 e. The molecule has 27 heavy (non-hydrogen) atoms. The monoisotopic (exact) mass is 349 g/mol. The van der Waals surface area contributed by atoms with E-state index in [-0.39, 0.29) is 0 Å². The smallest absolute Gasteiger partial charge is 0.0490 e. The molecule has 0 saturated heterocycles. The van der Waals surface area contributed by atoms with Gasteiger partial charge in [-0.1, -0.05) is 91.5 Å². The predicted octanol–water partition coefficient (Wildman–Crippen LogP) is 6.86. The summed E-state index contributed by atoms with van der Waals surface area (Å²) in [5.41, 5.74) is 4.97.